The van der Waals surface area contributed by atoms with Crippen LogP contribution in [0.25, 0.3) is 0 Å². The first-order chi connectivity index (χ1) is 6.82. The Hall–Kier alpha value is -1.41. The molecule has 86 valence electrons. The van der Waals surface area contributed by atoms with Gasteiger partial charge in [-0.3, -0.25) is 14.1 Å². The molecule has 0 bridgehead atoms. The van der Waals surface area contributed by atoms with Crippen LogP contribution < -0.4 is 0 Å². The summed E-state index contributed by atoms with van der Waals surface area (Å²) in [4.78, 5) is 21.7. The summed E-state index contributed by atoms with van der Waals surface area (Å²) in [6.07, 6.45) is -0.0573. The first-order valence-electron chi connectivity index (χ1n) is 3.67. The summed E-state index contributed by atoms with van der Waals surface area (Å²) in [7, 11) is -3.77. The summed E-state index contributed by atoms with van der Waals surface area (Å²) in [6.45, 7) is 3.06. The fourth-order valence-corrected chi connectivity index (χ4v) is 1.42. The Morgan fingerprint density at radius 1 is 1.53 bits per heavy atom. The second kappa shape index (κ2) is 5.47. The van der Waals surface area contributed by atoms with Gasteiger partial charge in [0.2, 0.25) is 0 Å². The minimum atomic E-state index is -4.70. The number of methoxy groups -OCH3 is 1. The molecular formula is C7H10O7S. The third-order valence-electron chi connectivity index (χ3n) is 1.39. The number of hydrogen-bond acceptors (Lipinski definition) is 6. The second-order valence-electron chi connectivity index (χ2n) is 2.39. The Bertz CT molecular complexity index is 356. The summed E-state index contributed by atoms with van der Waals surface area (Å²) < 4.78 is 38.3. The fourth-order valence-electron chi connectivity index (χ4n) is 0.734. The molecular weight excluding hydrogens is 228 g/mol. The molecule has 0 aliphatic rings. The van der Waals surface area contributed by atoms with Crippen LogP contribution in [0.5, 0.6) is 0 Å². The van der Waals surface area contributed by atoms with E-state index in [1.807, 2.05) is 0 Å². The molecule has 7 nitrogen and oxygen atoms in total. The Balaban J connectivity index is 4.75. The Morgan fingerprint density at radius 3 is 2.40 bits per heavy atom. The zero-order valence-corrected chi connectivity index (χ0v) is 8.69. The summed E-state index contributed by atoms with van der Waals surface area (Å²) in [5.74, 6) is -2.25. The largest absolute Gasteiger partial charge is 0.468 e. The third kappa shape index (κ3) is 4.56. The number of carbonyl (C=O) groups excluding carboxylic acids is 2. The molecule has 0 aromatic heterocycles. The second-order valence-corrected chi connectivity index (χ2v) is 3.99. The molecule has 0 spiro atoms. The van der Waals surface area contributed by atoms with Gasteiger partial charge in [0.25, 0.3) is 10.1 Å². The van der Waals surface area contributed by atoms with E-state index in [4.69, 9.17) is 4.55 Å². The van der Waals surface area contributed by atoms with Crippen LogP contribution >= 0.6 is 0 Å². The van der Waals surface area contributed by atoms with Crippen LogP contribution in [-0.2, 0) is 29.2 Å². The number of esters is 2. The van der Waals surface area contributed by atoms with Crippen LogP contribution in [0, 0.1) is 0 Å². The molecule has 1 N–H and O–H groups in total. The van der Waals surface area contributed by atoms with Gasteiger partial charge >= 0.3 is 11.9 Å². The van der Waals surface area contributed by atoms with Gasteiger partial charge in [-0.2, -0.15) is 8.42 Å². The lowest BCUT2D eigenvalue weighted by molar-refractivity contribution is -0.145. The van der Waals surface area contributed by atoms with Gasteiger partial charge < -0.3 is 9.47 Å². The number of carbonyl (C=O) groups is 2. The van der Waals surface area contributed by atoms with Crippen molar-refractivity contribution in [2.24, 2.45) is 0 Å². The highest BCUT2D eigenvalue weighted by molar-refractivity contribution is 7.87. The molecule has 0 saturated carbocycles. The summed E-state index contributed by atoms with van der Waals surface area (Å²) >= 11 is 0. The fraction of sp³-hybridized carbons (Fsp3) is 0.429. The van der Waals surface area contributed by atoms with Crippen molar-refractivity contribution in [1.82, 2.24) is 0 Å². The predicted octanol–water partition coefficient (Wildman–Crippen LogP) is -0.507. The molecule has 1 unspecified atom stereocenters. The maximum atomic E-state index is 10.9. The molecule has 15 heavy (non-hydrogen) atoms. The van der Waals surface area contributed by atoms with Crippen LogP contribution in [0.15, 0.2) is 12.8 Å². The van der Waals surface area contributed by atoms with Crippen molar-refractivity contribution >= 4 is 22.1 Å². The normalized spacial score (nSPS) is 12.7. The molecule has 0 fully saturated rings. The molecule has 0 amide bonds. The summed E-state index contributed by atoms with van der Waals surface area (Å²) in [5.41, 5.74) is 0. The lowest BCUT2D eigenvalue weighted by atomic mass is 10.3. The van der Waals surface area contributed by atoms with Gasteiger partial charge in [-0.15, -0.1) is 0 Å². The molecule has 0 aliphatic heterocycles. The maximum Gasteiger partial charge on any atom is 0.327 e. The topological polar surface area (TPSA) is 107 Å². The van der Waals surface area contributed by atoms with Crippen LogP contribution in [-0.4, -0.2) is 37.3 Å². The van der Waals surface area contributed by atoms with E-state index in [1.165, 1.54) is 0 Å². The third-order valence-corrected chi connectivity index (χ3v) is 2.47. The lowest BCUT2D eigenvalue weighted by Crippen LogP contribution is -2.33. The molecule has 1 atom stereocenters. The monoisotopic (exact) mass is 238 g/mol. The zero-order chi connectivity index (χ0) is 12.1. The SMILES string of the molecule is C=COC(=O)CC(C(=O)OC)S(=O)(=O)O. The highest BCUT2D eigenvalue weighted by atomic mass is 32.2. The molecule has 0 aromatic carbocycles. The van der Waals surface area contributed by atoms with E-state index in [2.05, 4.69) is 16.1 Å². The number of ether oxygens (including phenoxy) is 2. The molecule has 0 aliphatic carbocycles. The van der Waals surface area contributed by atoms with E-state index in [1.54, 1.807) is 0 Å². The average Bonchev–Trinajstić information content (AvgIpc) is 2.12. The first-order valence-corrected chi connectivity index (χ1v) is 5.17. The molecule has 0 saturated heterocycles. The van der Waals surface area contributed by atoms with Crippen molar-refractivity contribution in [3.63, 3.8) is 0 Å². The van der Waals surface area contributed by atoms with E-state index in [0.717, 1.165) is 13.4 Å². The van der Waals surface area contributed by atoms with Crippen LogP contribution in [0.3, 0.4) is 0 Å². The highest BCUT2D eigenvalue weighted by Crippen LogP contribution is 2.07. The lowest BCUT2D eigenvalue weighted by Gasteiger charge is -2.09. The van der Waals surface area contributed by atoms with Gasteiger partial charge in [-0.05, 0) is 0 Å². The van der Waals surface area contributed by atoms with Gasteiger partial charge in [-0.25, -0.2) is 0 Å². The van der Waals surface area contributed by atoms with Gasteiger partial charge in [0, 0.05) is 0 Å². The number of rotatable bonds is 5. The molecule has 0 heterocycles. The Morgan fingerprint density at radius 2 is 2.07 bits per heavy atom. The Labute approximate surface area is 86.4 Å². The quantitative estimate of drug-likeness (QED) is 0.390. The van der Waals surface area contributed by atoms with Gasteiger partial charge in [0.05, 0.1) is 19.8 Å². The smallest absolute Gasteiger partial charge is 0.327 e. The number of hydrogen-bond donors (Lipinski definition) is 1. The van der Waals surface area contributed by atoms with E-state index < -0.39 is 33.7 Å². The summed E-state index contributed by atoms with van der Waals surface area (Å²) in [6, 6.07) is 0. The zero-order valence-electron chi connectivity index (χ0n) is 7.87. The first kappa shape index (κ1) is 13.6. The van der Waals surface area contributed by atoms with Crippen LogP contribution in [0.4, 0.5) is 0 Å². The minimum absolute atomic E-state index is 0.778. The van der Waals surface area contributed by atoms with Crippen molar-refractivity contribution in [3.05, 3.63) is 12.8 Å². The summed E-state index contributed by atoms with van der Waals surface area (Å²) in [5, 5.41) is -1.98. The predicted molar refractivity (Wildman–Crippen MR) is 48.3 cm³/mol. The van der Waals surface area contributed by atoms with Crippen molar-refractivity contribution in [3.8, 4) is 0 Å². The van der Waals surface area contributed by atoms with E-state index in [0.29, 0.717) is 0 Å². The van der Waals surface area contributed by atoms with Crippen LogP contribution in [0.1, 0.15) is 6.42 Å². The van der Waals surface area contributed by atoms with Crippen molar-refractivity contribution in [2.45, 2.75) is 11.7 Å². The highest BCUT2D eigenvalue weighted by Gasteiger charge is 2.34. The average molecular weight is 238 g/mol. The molecule has 0 aromatic rings. The maximum absolute atomic E-state index is 10.9. The van der Waals surface area contributed by atoms with Crippen molar-refractivity contribution in [2.75, 3.05) is 7.11 Å². The molecule has 0 rings (SSSR count). The standard InChI is InChI=1S/C7H10O7S/c1-3-14-6(8)4-5(7(9)13-2)15(10,11)12/h3,5H,1,4H2,2H3,(H,10,11,12). The van der Waals surface area contributed by atoms with Crippen molar-refractivity contribution in [1.29, 1.82) is 0 Å². The van der Waals surface area contributed by atoms with E-state index >= 15 is 0 Å². The van der Waals surface area contributed by atoms with E-state index in [9.17, 15) is 18.0 Å². The van der Waals surface area contributed by atoms with Crippen molar-refractivity contribution < 1.29 is 32.0 Å². The van der Waals surface area contributed by atoms with Gasteiger partial charge in [-0.1, -0.05) is 6.58 Å². The molecule has 0 radical (unpaired) electrons. The van der Waals surface area contributed by atoms with Gasteiger partial charge in [0.1, 0.15) is 0 Å². The molecule has 8 heteroatoms. The minimum Gasteiger partial charge on any atom is -0.468 e. The Kier molecular flexibility index (Phi) is 4.95. The van der Waals surface area contributed by atoms with E-state index in [-0.39, 0.29) is 0 Å². The van der Waals surface area contributed by atoms with Crippen LogP contribution in [0.2, 0.25) is 0 Å². The van der Waals surface area contributed by atoms with Gasteiger partial charge in [0.15, 0.2) is 5.25 Å².